The predicted molar refractivity (Wildman–Crippen MR) is 76.3 cm³/mol. The van der Waals surface area contributed by atoms with Crippen molar-refractivity contribution in [2.75, 3.05) is 13.2 Å². The second-order valence-corrected chi connectivity index (χ2v) is 5.33. The third-order valence-corrected chi connectivity index (χ3v) is 4.02. The summed E-state index contributed by atoms with van der Waals surface area (Å²) in [6.07, 6.45) is 3.39. The fourth-order valence-electron chi connectivity index (χ4n) is 2.75. The molecule has 1 aromatic carbocycles. The van der Waals surface area contributed by atoms with Crippen LogP contribution in [0, 0.1) is 5.41 Å². The van der Waals surface area contributed by atoms with Crippen LogP contribution < -0.4 is 10.5 Å². The Hall–Kier alpha value is -1.91. The van der Waals surface area contributed by atoms with Crippen LogP contribution in [-0.4, -0.2) is 23.2 Å². The van der Waals surface area contributed by atoms with Gasteiger partial charge in [0.2, 0.25) is 0 Å². The fourth-order valence-corrected chi connectivity index (χ4v) is 2.75. The summed E-state index contributed by atoms with van der Waals surface area (Å²) in [5.74, 6) is 0.884. The van der Waals surface area contributed by atoms with E-state index in [1.165, 1.54) is 0 Å². The van der Waals surface area contributed by atoms with Gasteiger partial charge in [0.25, 0.3) is 0 Å². The highest BCUT2D eigenvalue weighted by atomic mass is 16.5. The van der Waals surface area contributed by atoms with Crippen LogP contribution >= 0.6 is 0 Å². The molecule has 20 heavy (non-hydrogen) atoms. The summed E-state index contributed by atoms with van der Waals surface area (Å²) in [5.41, 5.74) is 7.34. The van der Waals surface area contributed by atoms with E-state index in [-0.39, 0.29) is 0 Å². The number of aliphatic hydroxyl groups is 1. The van der Waals surface area contributed by atoms with Gasteiger partial charge in [-0.05, 0) is 29.7 Å². The zero-order valence-electron chi connectivity index (χ0n) is 11.2. The zero-order valence-corrected chi connectivity index (χ0v) is 11.2. The lowest BCUT2D eigenvalue weighted by Gasteiger charge is -2.40. The number of ether oxygens (including phenoxy) is 1. The molecule has 0 radical (unpaired) electrons. The second kappa shape index (κ2) is 5.23. The molecule has 2 heterocycles. The van der Waals surface area contributed by atoms with Crippen molar-refractivity contribution in [3.63, 3.8) is 0 Å². The quantitative estimate of drug-likeness (QED) is 0.890. The lowest BCUT2D eigenvalue weighted by Crippen LogP contribution is -2.46. The summed E-state index contributed by atoms with van der Waals surface area (Å²) in [6, 6.07) is 11.6. The van der Waals surface area contributed by atoms with Gasteiger partial charge in [0.05, 0.1) is 18.1 Å². The largest absolute Gasteiger partial charge is 0.493 e. The molecular formula is C16H18N2O2. The van der Waals surface area contributed by atoms with Crippen LogP contribution in [0.1, 0.15) is 17.2 Å². The normalized spacial score (nSPS) is 22.7. The molecule has 3 N–H and O–H groups in total. The molecule has 0 saturated carbocycles. The van der Waals surface area contributed by atoms with Crippen LogP contribution in [0.5, 0.6) is 5.75 Å². The lowest BCUT2D eigenvalue weighted by molar-refractivity contribution is -0.0163. The van der Waals surface area contributed by atoms with Crippen molar-refractivity contribution in [3.8, 4) is 5.75 Å². The van der Waals surface area contributed by atoms with Gasteiger partial charge in [0.1, 0.15) is 5.75 Å². The maximum atomic E-state index is 10.7. The molecule has 0 amide bonds. The van der Waals surface area contributed by atoms with Crippen LogP contribution in [-0.2, 0) is 6.42 Å². The van der Waals surface area contributed by atoms with Gasteiger partial charge in [-0.2, -0.15) is 0 Å². The van der Waals surface area contributed by atoms with Gasteiger partial charge in [0, 0.05) is 18.9 Å². The maximum Gasteiger partial charge on any atom is 0.122 e. The molecule has 0 saturated heterocycles. The lowest BCUT2D eigenvalue weighted by atomic mass is 9.73. The molecule has 1 aromatic heterocycles. The van der Waals surface area contributed by atoms with Crippen molar-refractivity contribution < 1.29 is 9.84 Å². The van der Waals surface area contributed by atoms with E-state index in [0.717, 1.165) is 16.9 Å². The Bertz CT molecular complexity index is 588. The highest BCUT2D eigenvalue weighted by molar-refractivity contribution is 5.37. The zero-order chi connectivity index (χ0) is 14.0. The Morgan fingerprint density at radius 1 is 1.30 bits per heavy atom. The monoisotopic (exact) mass is 270 g/mol. The molecular weight excluding hydrogens is 252 g/mol. The van der Waals surface area contributed by atoms with E-state index < -0.39 is 11.5 Å². The second-order valence-electron chi connectivity index (χ2n) is 5.33. The van der Waals surface area contributed by atoms with Gasteiger partial charge in [0.15, 0.2) is 0 Å². The number of aliphatic hydroxyl groups excluding tert-OH is 1. The molecule has 0 spiro atoms. The average molecular weight is 270 g/mol. The molecule has 4 nitrogen and oxygen atoms in total. The Morgan fingerprint density at radius 3 is 2.90 bits per heavy atom. The molecule has 2 unspecified atom stereocenters. The maximum absolute atomic E-state index is 10.7. The van der Waals surface area contributed by atoms with Crippen LogP contribution in [0.15, 0.2) is 48.8 Å². The number of rotatable bonds is 3. The van der Waals surface area contributed by atoms with Gasteiger partial charge in [-0.15, -0.1) is 0 Å². The number of para-hydroxylation sites is 1. The Balaban J connectivity index is 1.94. The summed E-state index contributed by atoms with van der Waals surface area (Å²) in [6.45, 7) is 0.772. The summed E-state index contributed by atoms with van der Waals surface area (Å²) in [7, 11) is 0. The van der Waals surface area contributed by atoms with Crippen molar-refractivity contribution in [2.45, 2.75) is 12.5 Å². The number of fused-ring (bicyclic) bond motifs is 1. The first kappa shape index (κ1) is 13.1. The number of aromatic nitrogens is 1. The van der Waals surface area contributed by atoms with E-state index in [9.17, 15) is 5.11 Å². The molecule has 1 aliphatic heterocycles. The number of pyridine rings is 1. The van der Waals surface area contributed by atoms with E-state index in [4.69, 9.17) is 10.5 Å². The van der Waals surface area contributed by atoms with E-state index in [0.29, 0.717) is 19.6 Å². The molecule has 4 heteroatoms. The first-order valence-electron chi connectivity index (χ1n) is 6.74. The Kier molecular flexibility index (Phi) is 3.42. The smallest absolute Gasteiger partial charge is 0.122 e. The summed E-state index contributed by atoms with van der Waals surface area (Å²) in [5, 5.41) is 10.7. The van der Waals surface area contributed by atoms with E-state index in [2.05, 4.69) is 4.98 Å². The van der Waals surface area contributed by atoms with Crippen LogP contribution in [0.4, 0.5) is 0 Å². The van der Waals surface area contributed by atoms with Crippen molar-refractivity contribution in [3.05, 3.63) is 59.9 Å². The molecule has 0 fully saturated rings. The summed E-state index contributed by atoms with van der Waals surface area (Å²) >= 11 is 0. The molecule has 2 atom stereocenters. The van der Waals surface area contributed by atoms with E-state index in [1.807, 2.05) is 36.4 Å². The minimum absolute atomic E-state index is 0.359. The number of hydrogen-bond donors (Lipinski definition) is 2. The standard InChI is InChI=1S/C16H18N2O2/c17-10-16(15(19)13-5-3-7-18-9-13)8-12-4-1-2-6-14(12)20-11-16/h1-7,9,15,19H,8,10-11,17H2. The number of benzene rings is 1. The van der Waals surface area contributed by atoms with Crippen molar-refractivity contribution in [2.24, 2.45) is 11.1 Å². The number of nitrogens with two attached hydrogens (primary N) is 1. The van der Waals surface area contributed by atoms with Gasteiger partial charge in [-0.1, -0.05) is 24.3 Å². The topological polar surface area (TPSA) is 68.4 Å². The first-order chi connectivity index (χ1) is 9.75. The highest BCUT2D eigenvalue weighted by Gasteiger charge is 2.42. The van der Waals surface area contributed by atoms with Crippen LogP contribution in [0.3, 0.4) is 0 Å². The SMILES string of the molecule is NCC1(C(O)c2cccnc2)COc2ccccc2C1. The third kappa shape index (κ3) is 2.17. The molecule has 1 aliphatic rings. The Labute approximate surface area is 118 Å². The van der Waals surface area contributed by atoms with Crippen molar-refractivity contribution >= 4 is 0 Å². The van der Waals surface area contributed by atoms with Crippen molar-refractivity contribution in [1.82, 2.24) is 4.98 Å². The Morgan fingerprint density at radius 2 is 2.15 bits per heavy atom. The van der Waals surface area contributed by atoms with Crippen LogP contribution in [0.25, 0.3) is 0 Å². The number of nitrogens with zero attached hydrogens (tertiary/aromatic N) is 1. The summed E-state index contributed by atoms with van der Waals surface area (Å²) in [4.78, 5) is 4.07. The van der Waals surface area contributed by atoms with Gasteiger partial charge < -0.3 is 15.6 Å². The van der Waals surface area contributed by atoms with Gasteiger partial charge in [-0.3, -0.25) is 4.98 Å². The van der Waals surface area contributed by atoms with E-state index >= 15 is 0 Å². The minimum atomic E-state index is -0.686. The average Bonchev–Trinajstić information content (AvgIpc) is 2.54. The molecule has 0 aliphatic carbocycles. The predicted octanol–water partition coefficient (Wildman–Crippen LogP) is 1.70. The molecule has 104 valence electrons. The van der Waals surface area contributed by atoms with E-state index in [1.54, 1.807) is 12.4 Å². The van der Waals surface area contributed by atoms with Crippen molar-refractivity contribution in [1.29, 1.82) is 0 Å². The summed E-state index contributed by atoms with van der Waals surface area (Å²) < 4.78 is 5.81. The first-order valence-corrected chi connectivity index (χ1v) is 6.74. The van der Waals surface area contributed by atoms with Crippen LogP contribution in [0.2, 0.25) is 0 Å². The van der Waals surface area contributed by atoms with Gasteiger partial charge >= 0.3 is 0 Å². The fraction of sp³-hybridized carbons (Fsp3) is 0.312. The molecule has 3 rings (SSSR count). The third-order valence-electron chi connectivity index (χ3n) is 4.02. The molecule has 0 bridgehead atoms. The highest BCUT2D eigenvalue weighted by Crippen LogP contribution is 2.42. The number of hydrogen-bond acceptors (Lipinski definition) is 4. The minimum Gasteiger partial charge on any atom is -0.493 e. The van der Waals surface area contributed by atoms with Gasteiger partial charge in [-0.25, -0.2) is 0 Å². The molecule has 2 aromatic rings.